The summed E-state index contributed by atoms with van der Waals surface area (Å²) in [6.45, 7) is 5.24. The molecule has 98 valence electrons. The van der Waals surface area contributed by atoms with Crippen molar-refractivity contribution in [3.63, 3.8) is 0 Å². The molecule has 0 aliphatic heterocycles. The summed E-state index contributed by atoms with van der Waals surface area (Å²) in [5, 5.41) is 2.84. The molecule has 0 rings (SSSR count). The van der Waals surface area contributed by atoms with E-state index >= 15 is 0 Å². The molecule has 6 heteroatoms. The van der Waals surface area contributed by atoms with Crippen LogP contribution in [0, 0.1) is 5.92 Å². The van der Waals surface area contributed by atoms with Gasteiger partial charge in [0.05, 0.1) is 5.75 Å². The summed E-state index contributed by atoms with van der Waals surface area (Å²) in [4.78, 5) is 1.99. The van der Waals surface area contributed by atoms with Gasteiger partial charge in [-0.1, -0.05) is 13.8 Å². The minimum absolute atomic E-state index is 0.0307. The molecule has 0 aromatic heterocycles. The van der Waals surface area contributed by atoms with Crippen molar-refractivity contribution in [1.82, 2.24) is 14.9 Å². The van der Waals surface area contributed by atoms with E-state index in [1.165, 1.54) is 0 Å². The Labute approximate surface area is 99.6 Å². The van der Waals surface area contributed by atoms with E-state index in [9.17, 15) is 8.42 Å². The predicted molar refractivity (Wildman–Crippen MR) is 68.0 cm³/mol. The highest BCUT2D eigenvalue weighted by molar-refractivity contribution is 7.89. The largest absolute Gasteiger partial charge is 0.319 e. The van der Waals surface area contributed by atoms with Crippen LogP contribution in [0.4, 0.5) is 0 Å². The zero-order valence-electron chi connectivity index (χ0n) is 10.9. The van der Waals surface area contributed by atoms with Crippen molar-refractivity contribution in [2.75, 3.05) is 40.0 Å². The van der Waals surface area contributed by atoms with Gasteiger partial charge in [-0.15, -0.1) is 0 Å². The first-order chi connectivity index (χ1) is 7.28. The maximum Gasteiger partial charge on any atom is 0.213 e. The van der Waals surface area contributed by atoms with Gasteiger partial charge >= 0.3 is 0 Å². The standard InChI is InChI=1S/C10H25N3O2S/c1-9(2)10(8-13(4)5)12-16(14,15)7-6-11-3/h9-12H,6-8H2,1-5H3. The van der Waals surface area contributed by atoms with Crippen LogP contribution in [0.15, 0.2) is 0 Å². The number of sulfonamides is 1. The van der Waals surface area contributed by atoms with E-state index in [1.54, 1.807) is 7.05 Å². The number of nitrogens with zero attached hydrogens (tertiary/aromatic N) is 1. The highest BCUT2D eigenvalue weighted by Gasteiger charge is 2.20. The quantitative estimate of drug-likeness (QED) is 0.622. The third-order valence-corrected chi connectivity index (χ3v) is 3.72. The number of rotatable bonds is 8. The van der Waals surface area contributed by atoms with E-state index in [0.717, 1.165) is 6.54 Å². The lowest BCUT2D eigenvalue weighted by Gasteiger charge is -2.25. The molecule has 0 spiro atoms. The van der Waals surface area contributed by atoms with Gasteiger partial charge in [-0.05, 0) is 27.1 Å². The van der Waals surface area contributed by atoms with Crippen molar-refractivity contribution in [1.29, 1.82) is 0 Å². The molecule has 0 aliphatic rings. The van der Waals surface area contributed by atoms with Gasteiger partial charge in [-0.3, -0.25) is 0 Å². The zero-order valence-corrected chi connectivity index (χ0v) is 11.8. The van der Waals surface area contributed by atoms with Gasteiger partial charge < -0.3 is 10.2 Å². The Kier molecular flexibility index (Phi) is 7.14. The summed E-state index contributed by atoms with van der Waals surface area (Å²) < 4.78 is 26.2. The Balaban J connectivity index is 4.38. The SMILES string of the molecule is CNCCS(=O)(=O)NC(CN(C)C)C(C)C. The molecular formula is C10H25N3O2S. The highest BCUT2D eigenvalue weighted by atomic mass is 32.2. The summed E-state index contributed by atoms with van der Waals surface area (Å²) in [7, 11) is 2.46. The van der Waals surface area contributed by atoms with E-state index in [1.807, 2.05) is 32.8 Å². The predicted octanol–water partition coefficient (Wildman–Crippen LogP) is -0.289. The van der Waals surface area contributed by atoms with Crippen molar-refractivity contribution < 1.29 is 8.42 Å². The van der Waals surface area contributed by atoms with E-state index in [0.29, 0.717) is 6.54 Å². The summed E-state index contributed by atoms with van der Waals surface area (Å²) in [6, 6.07) is -0.0307. The lowest BCUT2D eigenvalue weighted by molar-refractivity contribution is 0.314. The minimum Gasteiger partial charge on any atom is -0.319 e. The summed E-state index contributed by atoms with van der Waals surface area (Å²) >= 11 is 0. The van der Waals surface area contributed by atoms with Crippen LogP contribution in [0.1, 0.15) is 13.8 Å². The van der Waals surface area contributed by atoms with Crippen molar-refractivity contribution in [2.45, 2.75) is 19.9 Å². The van der Waals surface area contributed by atoms with E-state index in [2.05, 4.69) is 10.0 Å². The maximum absolute atomic E-state index is 11.7. The molecule has 2 N–H and O–H groups in total. The van der Waals surface area contributed by atoms with Gasteiger partial charge in [0.25, 0.3) is 0 Å². The summed E-state index contributed by atoms with van der Waals surface area (Å²) in [6.07, 6.45) is 0. The van der Waals surface area contributed by atoms with Crippen LogP contribution < -0.4 is 10.0 Å². The molecule has 0 saturated heterocycles. The lowest BCUT2D eigenvalue weighted by Crippen LogP contribution is -2.46. The van der Waals surface area contributed by atoms with Crippen LogP contribution in [0.25, 0.3) is 0 Å². The van der Waals surface area contributed by atoms with Crippen LogP contribution in [0.3, 0.4) is 0 Å². The molecule has 0 saturated carbocycles. The molecule has 5 nitrogen and oxygen atoms in total. The van der Waals surface area contributed by atoms with Crippen molar-refractivity contribution in [2.24, 2.45) is 5.92 Å². The Morgan fingerprint density at radius 3 is 2.19 bits per heavy atom. The smallest absolute Gasteiger partial charge is 0.213 e. The van der Waals surface area contributed by atoms with E-state index < -0.39 is 10.0 Å². The molecule has 0 aromatic carbocycles. The fraction of sp³-hybridized carbons (Fsp3) is 1.00. The average molecular weight is 251 g/mol. The minimum atomic E-state index is -3.17. The number of hydrogen-bond acceptors (Lipinski definition) is 4. The van der Waals surface area contributed by atoms with E-state index in [4.69, 9.17) is 0 Å². The van der Waals surface area contributed by atoms with Crippen LogP contribution >= 0.6 is 0 Å². The van der Waals surface area contributed by atoms with Crippen LogP contribution in [-0.2, 0) is 10.0 Å². The fourth-order valence-electron chi connectivity index (χ4n) is 1.30. The van der Waals surface area contributed by atoms with Crippen LogP contribution in [0.2, 0.25) is 0 Å². The molecule has 0 aromatic rings. The monoisotopic (exact) mass is 251 g/mol. The molecule has 0 aliphatic carbocycles. The second-order valence-electron chi connectivity index (χ2n) is 4.65. The highest BCUT2D eigenvalue weighted by Crippen LogP contribution is 2.04. The Morgan fingerprint density at radius 1 is 1.25 bits per heavy atom. The third-order valence-electron chi connectivity index (χ3n) is 2.32. The molecule has 0 fully saturated rings. The Hall–Kier alpha value is -0.170. The molecule has 1 unspecified atom stereocenters. The van der Waals surface area contributed by atoms with Gasteiger partial charge in [-0.2, -0.15) is 0 Å². The van der Waals surface area contributed by atoms with Crippen molar-refractivity contribution in [3.8, 4) is 0 Å². The molecule has 0 bridgehead atoms. The van der Waals surface area contributed by atoms with Crippen molar-refractivity contribution in [3.05, 3.63) is 0 Å². The number of hydrogen-bond donors (Lipinski definition) is 2. The summed E-state index contributed by atoms with van der Waals surface area (Å²) in [5.74, 6) is 0.409. The van der Waals surface area contributed by atoms with Crippen molar-refractivity contribution >= 4 is 10.0 Å². The lowest BCUT2D eigenvalue weighted by atomic mass is 10.1. The number of likely N-dealkylation sites (N-methyl/N-ethyl adjacent to an activating group) is 1. The molecule has 16 heavy (non-hydrogen) atoms. The molecule has 1 atom stereocenters. The first-order valence-electron chi connectivity index (χ1n) is 5.58. The first-order valence-corrected chi connectivity index (χ1v) is 7.23. The zero-order chi connectivity index (χ0) is 12.8. The second kappa shape index (κ2) is 7.21. The van der Waals surface area contributed by atoms with E-state index in [-0.39, 0.29) is 17.7 Å². The molecule has 0 amide bonds. The van der Waals surface area contributed by atoms with Gasteiger partial charge in [0.1, 0.15) is 0 Å². The van der Waals surface area contributed by atoms with Crippen LogP contribution in [0.5, 0.6) is 0 Å². The van der Waals surface area contributed by atoms with Gasteiger partial charge in [0, 0.05) is 19.1 Å². The van der Waals surface area contributed by atoms with Gasteiger partial charge in [0.2, 0.25) is 10.0 Å². The average Bonchev–Trinajstić information content (AvgIpc) is 2.12. The Bertz CT molecular complexity index is 276. The fourth-order valence-corrected chi connectivity index (χ4v) is 2.70. The molecule has 0 radical (unpaired) electrons. The normalized spacial score (nSPS) is 14.7. The second-order valence-corrected chi connectivity index (χ2v) is 6.53. The maximum atomic E-state index is 11.7. The third kappa shape index (κ3) is 7.16. The first kappa shape index (κ1) is 15.8. The molecular weight excluding hydrogens is 226 g/mol. The Morgan fingerprint density at radius 2 is 1.81 bits per heavy atom. The van der Waals surface area contributed by atoms with Gasteiger partial charge in [0.15, 0.2) is 0 Å². The number of nitrogens with one attached hydrogen (secondary N) is 2. The summed E-state index contributed by atoms with van der Waals surface area (Å²) in [5.41, 5.74) is 0. The molecule has 0 heterocycles. The topological polar surface area (TPSA) is 61.4 Å². The van der Waals surface area contributed by atoms with Crippen LogP contribution in [-0.4, -0.2) is 59.3 Å². The van der Waals surface area contributed by atoms with Gasteiger partial charge in [-0.25, -0.2) is 13.1 Å².